The van der Waals surface area contributed by atoms with Crippen LogP contribution in [0.4, 0.5) is 0 Å². The Morgan fingerprint density at radius 1 is 1.29 bits per heavy atom. The van der Waals surface area contributed by atoms with Gasteiger partial charge in [0.25, 0.3) is 5.91 Å². The van der Waals surface area contributed by atoms with E-state index in [1.54, 1.807) is 12.4 Å². The predicted octanol–water partition coefficient (Wildman–Crippen LogP) is 0.171. The smallest absolute Gasteiger partial charge is 0.274 e. The lowest BCUT2D eigenvalue weighted by Crippen LogP contribution is -2.58. The third kappa shape index (κ3) is 1.70. The van der Waals surface area contributed by atoms with Crippen LogP contribution in [0.25, 0.3) is 0 Å². The highest BCUT2D eigenvalue weighted by molar-refractivity contribution is 5.92. The fourth-order valence-corrected chi connectivity index (χ4v) is 2.73. The SMILES string of the molecule is Cc1cnc(C(=O)N2C[C@@H]3CN(C)C[C@@H]32)cn1. The number of amides is 1. The molecule has 0 spiro atoms. The van der Waals surface area contributed by atoms with Crippen molar-refractivity contribution in [3.05, 3.63) is 23.8 Å². The maximum absolute atomic E-state index is 12.2. The molecule has 2 saturated heterocycles. The number of hydrogen-bond donors (Lipinski definition) is 0. The number of carbonyl (C=O) groups excluding carboxylic acids is 1. The average molecular weight is 232 g/mol. The lowest BCUT2D eigenvalue weighted by atomic mass is 9.91. The molecule has 3 rings (SSSR count). The highest BCUT2D eigenvalue weighted by Gasteiger charge is 2.47. The molecule has 2 aliphatic heterocycles. The molecule has 0 bridgehead atoms. The molecule has 1 aromatic heterocycles. The minimum atomic E-state index is 0.0223. The van der Waals surface area contributed by atoms with Crippen LogP contribution in [-0.2, 0) is 0 Å². The van der Waals surface area contributed by atoms with Gasteiger partial charge in [0.1, 0.15) is 5.69 Å². The summed E-state index contributed by atoms with van der Waals surface area (Å²) in [5, 5.41) is 0. The van der Waals surface area contributed by atoms with Crippen molar-refractivity contribution in [2.45, 2.75) is 13.0 Å². The average Bonchev–Trinajstić information content (AvgIpc) is 2.57. The summed E-state index contributed by atoms with van der Waals surface area (Å²) in [4.78, 5) is 24.7. The van der Waals surface area contributed by atoms with Crippen molar-refractivity contribution in [1.29, 1.82) is 0 Å². The van der Waals surface area contributed by atoms with Gasteiger partial charge in [-0.25, -0.2) is 4.98 Å². The summed E-state index contributed by atoms with van der Waals surface area (Å²) in [6, 6.07) is 0.385. The summed E-state index contributed by atoms with van der Waals surface area (Å²) in [7, 11) is 2.10. The van der Waals surface area contributed by atoms with Crippen LogP contribution in [0.15, 0.2) is 12.4 Å². The van der Waals surface area contributed by atoms with Crippen LogP contribution in [0.2, 0.25) is 0 Å². The Balaban J connectivity index is 1.74. The molecular weight excluding hydrogens is 216 g/mol. The molecule has 5 nitrogen and oxygen atoms in total. The standard InChI is InChI=1S/C12H16N4O/c1-8-3-14-10(4-13-8)12(17)16-6-9-5-15(2)7-11(9)16/h3-4,9,11H,5-7H2,1-2H3/t9-,11-/m0/s1. The first-order valence-electron chi connectivity index (χ1n) is 5.93. The third-order valence-electron chi connectivity index (χ3n) is 3.68. The first kappa shape index (κ1) is 10.7. The Morgan fingerprint density at radius 2 is 2.12 bits per heavy atom. The number of aromatic nitrogens is 2. The molecule has 1 aromatic rings. The first-order valence-corrected chi connectivity index (χ1v) is 5.93. The molecule has 5 heteroatoms. The largest absolute Gasteiger partial charge is 0.332 e. The van der Waals surface area contributed by atoms with Crippen molar-refractivity contribution < 1.29 is 4.79 Å². The van der Waals surface area contributed by atoms with E-state index in [1.807, 2.05) is 11.8 Å². The van der Waals surface area contributed by atoms with Gasteiger partial charge in [0, 0.05) is 31.7 Å². The molecule has 2 fully saturated rings. The minimum absolute atomic E-state index is 0.0223. The number of likely N-dealkylation sites (tertiary alicyclic amines) is 2. The maximum Gasteiger partial charge on any atom is 0.274 e. The van der Waals surface area contributed by atoms with Crippen molar-refractivity contribution in [2.24, 2.45) is 5.92 Å². The number of nitrogens with zero attached hydrogens (tertiary/aromatic N) is 4. The second-order valence-corrected chi connectivity index (χ2v) is 5.05. The fourth-order valence-electron chi connectivity index (χ4n) is 2.73. The highest BCUT2D eigenvalue weighted by atomic mass is 16.2. The van der Waals surface area contributed by atoms with Gasteiger partial charge in [-0.15, -0.1) is 0 Å². The molecule has 0 N–H and O–H groups in total. The minimum Gasteiger partial charge on any atom is -0.332 e. The van der Waals surface area contributed by atoms with Crippen LogP contribution in [0.5, 0.6) is 0 Å². The van der Waals surface area contributed by atoms with Gasteiger partial charge in [0.05, 0.1) is 17.9 Å². The van der Waals surface area contributed by atoms with Gasteiger partial charge < -0.3 is 9.80 Å². The van der Waals surface area contributed by atoms with Gasteiger partial charge in [-0.3, -0.25) is 9.78 Å². The van der Waals surface area contributed by atoms with E-state index in [2.05, 4.69) is 21.9 Å². The number of hydrogen-bond acceptors (Lipinski definition) is 4. The van der Waals surface area contributed by atoms with E-state index in [9.17, 15) is 4.79 Å². The number of carbonyl (C=O) groups is 1. The van der Waals surface area contributed by atoms with Gasteiger partial charge in [-0.05, 0) is 14.0 Å². The lowest BCUT2D eigenvalue weighted by molar-refractivity contribution is 0.0320. The maximum atomic E-state index is 12.2. The molecule has 0 aliphatic carbocycles. The molecule has 90 valence electrons. The Bertz CT molecular complexity index is 444. The quantitative estimate of drug-likeness (QED) is 0.692. The van der Waals surface area contributed by atoms with Crippen LogP contribution in [0.3, 0.4) is 0 Å². The van der Waals surface area contributed by atoms with Crippen molar-refractivity contribution in [3.8, 4) is 0 Å². The molecule has 2 atom stereocenters. The molecule has 2 aliphatic rings. The van der Waals surface area contributed by atoms with Crippen molar-refractivity contribution in [2.75, 3.05) is 26.7 Å². The number of aryl methyl sites for hydroxylation is 1. The molecular formula is C12H16N4O. The van der Waals surface area contributed by atoms with Crippen LogP contribution >= 0.6 is 0 Å². The highest BCUT2D eigenvalue weighted by Crippen LogP contribution is 2.32. The molecule has 17 heavy (non-hydrogen) atoms. The van der Waals surface area contributed by atoms with Gasteiger partial charge in [-0.1, -0.05) is 0 Å². The molecule has 1 amide bonds. The summed E-state index contributed by atoms with van der Waals surface area (Å²) in [6.07, 6.45) is 3.22. The Hall–Kier alpha value is -1.49. The first-order chi connectivity index (χ1) is 8.15. The zero-order valence-electron chi connectivity index (χ0n) is 10.1. The molecule has 0 saturated carbocycles. The normalized spacial score (nSPS) is 27.8. The van der Waals surface area contributed by atoms with Crippen LogP contribution in [-0.4, -0.2) is 58.4 Å². The number of likely N-dealkylation sites (N-methyl/N-ethyl adjacent to an activating group) is 1. The molecule has 0 aromatic carbocycles. The van der Waals surface area contributed by atoms with Gasteiger partial charge >= 0.3 is 0 Å². The van der Waals surface area contributed by atoms with Crippen molar-refractivity contribution in [3.63, 3.8) is 0 Å². The molecule has 0 radical (unpaired) electrons. The fraction of sp³-hybridized carbons (Fsp3) is 0.583. The predicted molar refractivity (Wildman–Crippen MR) is 62.6 cm³/mol. The van der Waals surface area contributed by atoms with Gasteiger partial charge in [0.15, 0.2) is 0 Å². The van der Waals surface area contributed by atoms with Crippen LogP contribution in [0.1, 0.15) is 16.2 Å². The molecule has 0 unspecified atom stereocenters. The zero-order chi connectivity index (χ0) is 12.0. The summed E-state index contributed by atoms with van der Waals surface area (Å²) >= 11 is 0. The Kier molecular flexibility index (Phi) is 2.36. The van der Waals surface area contributed by atoms with E-state index in [-0.39, 0.29) is 5.91 Å². The second-order valence-electron chi connectivity index (χ2n) is 5.05. The van der Waals surface area contributed by atoms with Crippen LogP contribution < -0.4 is 0 Å². The summed E-state index contributed by atoms with van der Waals surface area (Å²) < 4.78 is 0. The zero-order valence-corrected chi connectivity index (χ0v) is 10.1. The summed E-state index contributed by atoms with van der Waals surface area (Å²) in [5.74, 6) is 0.677. The van der Waals surface area contributed by atoms with Crippen molar-refractivity contribution >= 4 is 5.91 Å². The number of rotatable bonds is 1. The van der Waals surface area contributed by atoms with E-state index in [0.717, 1.165) is 25.3 Å². The second kappa shape index (κ2) is 3.77. The van der Waals surface area contributed by atoms with Gasteiger partial charge in [0.2, 0.25) is 0 Å². The number of fused-ring (bicyclic) bond motifs is 1. The van der Waals surface area contributed by atoms with Crippen molar-refractivity contribution in [1.82, 2.24) is 19.8 Å². The van der Waals surface area contributed by atoms with Gasteiger partial charge in [-0.2, -0.15) is 0 Å². The topological polar surface area (TPSA) is 49.3 Å². The Labute approximate surface area is 100 Å². The summed E-state index contributed by atoms with van der Waals surface area (Å²) in [6.45, 7) is 4.82. The monoisotopic (exact) mass is 232 g/mol. The van der Waals surface area contributed by atoms with E-state index in [1.165, 1.54) is 0 Å². The van der Waals surface area contributed by atoms with E-state index in [0.29, 0.717) is 17.7 Å². The van der Waals surface area contributed by atoms with E-state index < -0.39 is 0 Å². The van der Waals surface area contributed by atoms with Crippen LogP contribution in [0, 0.1) is 12.8 Å². The molecule has 3 heterocycles. The van der Waals surface area contributed by atoms with E-state index >= 15 is 0 Å². The third-order valence-corrected chi connectivity index (χ3v) is 3.68. The lowest BCUT2D eigenvalue weighted by Gasteiger charge is -2.43. The summed E-state index contributed by atoms with van der Waals surface area (Å²) in [5.41, 5.74) is 1.30. The Morgan fingerprint density at radius 3 is 2.76 bits per heavy atom. The van der Waals surface area contributed by atoms with E-state index in [4.69, 9.17) is 0 Å².